The molecule has 0 radical (unpaired) electrons. The zero-order valence-electron chi connectivity index (χ0n) is 38.6. The van der Waals surface area contributed by atoms with Gasteiger partial charge in [0.25, 0.3) is 0 Å². The zero-order valence-corrected chi connectivity index (χ0v) is 38.6. The van der Waals surface area contributed by atoms with E-state index in [1.54, 1.807) is 0 Å². The van der Waals surface area contributed by atoms with Crippen molar-refractivity contribution in [3.05, 3.63) is 0 Å². The van der Waals surface area contributed by atoms with Gasteiger partial charge in [0.15, 0.2) is 37.7 Å². The molecule has 0 aromatic rings. The Balaban J connectivity index is 1.31. The molecule has 31 heteroatoms. The summed E-state index contributed by atoms with van der Waals surface area (Å²) in [6.45, 7) is 1.05. The fourth-order valence-electron chi connectivity index (χ4n) is 9.07. The predicted molar refractivity (Wildman–Crippen MR) is 220 cm³/mol. The van der Waals surface area contributed by atoms with Gasteiger partial charge < -0.3 is 144 Å². The highest BCUT2D eigenvalue weighted by atomic mass is 16.8. The van der Waals surface area contributed by atoms with Gasteiger partial charge in [0, 0.05) is 13.8 Å². The molecule has 6 rings (SSSR count). The maximum Gasteiger partial charge on any atom is 0.217 e. The van der Waals surface area contributed by atoms with Crippen molar-refractivity contribution in [3.8, 4) is 0 Å². The normalized spacial score (nSPS) is 50.8. The third-order valence-corrected chi connectivity index (χ3v) is 13.1. The van der Waals surface area contributed by atoms with Gasteiger partial charge in [-0.25, -0.2) is 0 Å². The van der Waals surface area contributed by atoms with Gasteiger partial charge in [0.2, 0.25) is 11.8 Å². The molecule has 71 heavy (non-hydrogen) atoms. The van der Waals surface area contributed by atoms with Crippen molar-refractivity contribution in [3.63, 3.8) is 0 Å². The number of hydrogen-bond acceptors (Lipinski definition) is 29. The molecule has 6 saturated heterocycles. The Kier molecular flexibility index (Phi) is 20.2. The summed E-state index contributed by atoms with van der Waals surface area (Å²) in [5.74, 6) is -1.58. The molecule has 0 bridgehead atoms. The Morgan fingerprint density at radius 1 is 0.394 bits per heavy atom. The van der Waals surface area contributed by atoms with Gasteiger partial charge in [0.1, 0.15) is 134 Å². The molecule has 0 aromatic carbocycles. The van der Waals surface area contributed by atoms with Crippen molar-refractivity contribution in [1.82, 2.24) is 10.6 Å². The summed E-state index contributed by atoms with van der Waals surface area (Å²) in [5.41, 5.74) is 0. The van der Waals surface area contributed by atoms with Crippen LogP contribution in [0.25, 0.3) is 0 Å². The SMILES string of the molecule is CC(=O)N[C@@H]1[C@@H](O[C@@H]2O[C@H](CO)[C@H](O)[C@H](O[C@@H]3O[C@H](CO)[C@H](O)[C@H](O)[C@H]3O)[C@H]2O[C@@H]2O[C@@H](C)[C@@H](O)[C@@H](O)[C@@H]2O)[C@@H](O)[C@@H](CO[C@@H]2O[C@H](CO)[C@@H](O)[C@H](O[C@@H]3O[C@@H](C)[C@@H](O)[C@@H](O)[C@@H]3O)[C@H]2NC(C)=O)O[C@@H]1O. The van der Waals surface area contributed by atoms with E-state index in [4.69, 9.17) is 52.1 Å². The van der Waals surface area contributed by atoms with E-state index in [1.807, 2.05) is 0 Å². The summed E-state index contributed by atoms with van der Waals surface area (Å²) >= 11 is 0. The summed E-state index contributed by atoms with van der Waals surface area (Å²) < 4.78 is 63.9. The highest BCUT2D eigenvalue weighted by Crippen LogP contribution is 2.37. The Morgan fingerprint density at radius 2 is 0.761 bits per heavy atom. The molecule has 18 N–H and O–H groups in total. The van der Waals surface area contributed by atoms with E-state index < -0.39 is 222 Å². The third-order valence-electron chi connectivity index (χ3n) is 13.1. The molecule has 31 nitrogen and oxygen atoms in total. The lowest BCUT2D eigenvalue weighted by atomic mass is 9.94. The van der Waals surface area contributed by atoms with E-state index in [1.165, 1.54) is 13.8 Å². The summed E-state index contributed by atoms with van der Waals surface area (Å²) in [7, 11) is 0. The number of nitrogens with one attached hydrogen (secondary N) is 2. The first-order chi connectivity index (χ1) is 33.4. The molecule has 412 valence electrons. The molecule has 0 spiro atoms. The molecule has 2 amide bonds. The van der Waals surface area contributed by atoms with Gasteiger partial charge in [-0.05, 0) is 13.8 Å². The van der Waals surface area contributed by atoms with Gasteiger partial charge in [0.05, 0.1) is 38.6 Å². The summed E-state index contributed by atoms with van der Waals surface area (Å²) in [4.78, 5) is 25.1. The number of aliphatic hydroxyl groups excluding tert-OH is 16. The first kappa shape index (κ1) is 58.1. The van der Waals surface area contributed by atoms with Crippen molar-refractivity contribution in [1.29, 1.82) is 0 Å². The lowest BCUT2D eigenvalue weighted by molar-refractivity contribution is -0.401. The monoisotopic (exact) mass is 1040 g/mol. The Bertz CT molecular complexity index is 1710. The smallest absolute Gasteiger partial charge is 0.217 e. The number of amides is 2. The van der Waals surface area contributed by atoms with Crippen LogP contribution in [0.3, 0.4) is 0 Å². The molecule has 0 saturated carbocycles. The van der Waals surface area contributed by atoms with Crippen LogP contribution in [0.4, 0.5) is 0 Å². The largest absolute Gasteiger partial charge is 0.394 e. The third kappa shape index (κ3) is 12.6. The van der Waals surface area contributed by atoms with E-state index in [-0.39, 0.29) is 0 Å². The van der Waals surface area contributed by atoms with Crippen molar-refractivity contribution < 1.29 is 143 Å². The Hall–Kier alpha value is -2.14. The molecule has 0 unspecified atom stereocenters. The molecule has 0 aliphatic carbocycles. The minimum absolute atomic E-state index is 0.754. The van der Waals surface area contributed by atoms with E-state index in [9.17, 15) is 91.3 Å². The zero-order chi connectivity index (χ0) is 52.5. The highest BCUT2D eigenvalue weighted by molar-refractivity contribution is 5.73. The van der Waals surface area contributed by atoms with E-state index >= 15 is 0 Å². The molecular weight excluding hydrogens is 972 g/mol. The maximum atomic E-state index is 12.6. The minimum atomic E-state index is -2.11. The van der Waals surface area contributed by atoms with Crippen molar-refractivity contribution >= 4 is 11.8 Å². The van der Waals surface area contributed by atoms with Crippen LogP contribution in [-0.4, -0.2) is 304 Å². The number of rotatable bonds is 16. The lowest BCUT2D eigenvalue weighted by Gasteiger charge is -2.51. The van der Waals surface area contributed by atoms with Crippen molar-refractivity contribution in [2.45, 2.75) is 212 Å². The number of carbonyl (C=O) groups excluding carboxylic acids is 2. The van der Waals surface area contributed by atoms with Crippen LogP contribution in [0, 0.1) is 0 Å². The molecule has 6 fully saturated rings. The Morgan fingerprint density at radius 3 is 1.27 bits per heavy atom. The van der Waals surface area contributed by atoms with E-state index in [2.05, 4.69) is 10.6 Å². The maximum absolute atomic E-state index is 12.6. The van der Waals surface area contributed by atoms with Crippen LogP contribution in [0.15, 0.2) is 0 Å². The summed E-state index contributed by atoms with van der Waals surface area (Å²) in [6, 6.07) is -3.30. The number of carbonyl (C=O) groups is 2. The fraction of sp³-hybridized carbons (Fsp3) is 0.950. The molecular formula is C40H68N2O29. The molecule has 6 aliphatic rings. The summed E-state index contributed by atoms with van der Waals surface area (Å²) in [6.07, 6.45) is -51.0. The standard InChI is InChI=1S/C40H68N2O29/c1-9-19(48)25(54)28(57)37(62-9)68-32-18(42-12(4)47)36(65-14(6-44)22(32)51)61-8-16-24(53)31(17(35(60)64-16)41-11(3)46)69-40-34(71-38-29(58)26(55)20(49)10(2)63-38)33(23(52)15(7-45)67-40)70-39-30(59)27(56)21(50)13(5-43)66-39/h9-10,13-40,43-45,48-60H,5-8H2,1-4H3,(H,41,46)(H,42,47)/t9-,10-,13+,14+,15+,16+,17+,18+,19+,20+,21-,22+,23-,24-,25+,26+,27-,28-,29-,30+,31+,32+,33-,34+,35-,36+,37-,38-,39-,40-/m0/s1. The van der Waals surface area contributed by atoms with E-state index in [0.717, 1.165) is 13.8 Å². The molecule has 6 aliphatic heterocycles. The number of hydrogen-bond donors (Lipinski definition) is 18. The first-order valence-corrected chi connectivity index (χ1v) is 22.8. The van der Waals surface area contributed by atoms with Crippen LogP contribution < -0.4 is 10.6 Å². The minimum Gasteiger partial charge on any atom is -0.394 e. The average molecular weight is 1040 g/mol. The number of ether oxygens (including phenoxy) is 11. The average Bonchev–Trinajstić information content (AvgIpc) is 3.32. The fourth-order valence-corrected chi connectivity index (χ4v) is 9.07. The quantitative estimate of drug-likeness (QED) is 0.0682. The second-order valence-electron chi connectivity index (χ2n) is 18.2. The second-order valence-corrected chi connectivity index (χ2v) is 18.2. The van der Waals surface area contributed by atoms with Gasteiger partial charge in [-0.3, -0.25) is 9.59 Å². The molecule has 0 aromatic heterocycles. The predicted octanol–water partition coefficient (Wildman–Crippen LogP) is -11.8. The topological polar surface area (TPSA) is 483 Å². The molecule has 6 heterocycles. The summed E-state index contributed by atoms with van der Waals surface area (Å²) in [5, 5.41) is 177. The molecule has 30 atom stereocenters. The highest BCUT2D eigenvalue weighted by Gasteiger charge is 2.58. The first-order valence-electron chi connectivity index (χ1n) is 22.8. The Labute approximate surface area is 403 Å². The lowest BCUT2D eigenvalue weighted by Crippen LogP contribution is -2.70. The van der Waals surface area contributed by atoms with E-state index in [0.29, 0.717) is 0 Å². The second kappa shape index (κ2) is 24.7. The van der Waals surface area contributed by atoms with Crippen LogP contribution in [0.2, 0.25) is 0 Å². The van der Waals surface area contributed by atoms with Gasteiger partial charge in [-0.1, -0.05) is 0 Å². The number of aliphatic hydroxyl groups is 16. The van der Waals surface area contributed by atoms with Crippen molar-refractivity contribution in [2.75, 3.05) is 26.4 Å². The van der Waals surface area contributed by atoms with Gasteiger partial charge in [-0.15, -0.1) is 0 Å². The van der Waals surface area contributed by atoms with Crippen LogP contribution in [0.1, 0.15) is 27.7 Å². The van der Waals surface area contributed by atoms with Gasteiger partial charge in [-0.2, -0.15) is 0 Å². The van der Waals surface area contributed by atoms with Gasteiger partial charge >= 0.3 is 0 Å². The van der Waals surface area contributed by atoms with Crippen molar-refractivity contribution in [2.24, 2.45) is 0 Å². The van der Waals surface area contributed by atoms with Crippen LogP contribution >= 0.6 is 0 Å². The van der Waals surface area contributed by atoms with Crippen LogP contribution in [0.5, 0.6) is 0 Å². The van der Waals surface area contributed by atoms with Crippen LogP contribution in [-0.2, 0) is 61.7 Å².